The predicted octanol–water partition coefficient (Wildman–Crippen LogP) is 1.35. The minimum atomic E-state index is -0.250. The van der Waals surface area contributed by atoms with E-state index in [1.807, 2.05) is 29.2 Å². The van der Waals surface area contributed by atoms with Gasteiger partial charge in [0.05, 0.1) is 0 Å². The van der Waals surface area contributed by atoms with E-state index in [0.29, 0.717) is 30.2 Å². The number of nitrogens with zero attached hydrogens (tertiary/aromatic N) is 4. The van der Waals surface area contributed by atoms with E-state index in [4.69, 9.17) is 15.6 Å². The fourth-order valence-electron chi connectivity index (χ4n) is 3.83. The molecule has 9 nitrogen and oxygen atoms in total. The number of rotatable bonds is 6. The highest BCUT2D eigenvalue weighted by Crippen LogP contribution is 2.31. The van der Waals surface area contributed by atoms with Crippen molar-refractivity contribution in [1.82, 2.24) is 19.8 Å². The number of hydrogen-bond acceptors (Lipinski definition) is 7. The van der Waals surface area contributed by atoms with Crippen LogP contribution in [0.2, 0.25) is 0 Å². The van der Waals surface area contributed by atoms with Crippen LogP contribution < -0.4 is 5.73 Å². The number of piperazine rings is 1. The summed E-state index contributed by atoms with van der Waals surface area (Å²) < 4.78 is 0. The van der Waals surface area contributed by atoms with Crippen molar-refractivity contribution in [2.24, 2.45) is 5.92 Å². The van der Waals surface area contributed by atoms with Gasteiger partial charge in [0, 0.05) is 56.2 Å². The number of anilines is 1. The molecule has 2 fully saturated rings. The highest BCUT2D eigenvalue weighted by atomic mass is 16.3. The lowest BCUT2D eigenvalue weighted by atomic mass is 10.1. The summed E-state index contributed by atoms with van der Waals surface area (Å²) in [6.07, 6.45) is 4.96. The van der Waals surface area contributed by atoms with Crippen molar-refractivity contribution in [3.63, 3.8) is 0 Å². The molecule has 2 aromatic rings. The molecule has 166 valence electrons. The molecule has 1 unspecified atom stereocenters. The number of aromatic nitrogens is 2. The van der Waals surface area contributed by atoms with Crippen LogP contribution in [0.4, 0.5) is 5.82 Å². The monoisotopic (exact) mass is 427 g/mol. The second kappa shape index (κ2) is 10.8. The number of amides is 1. The van der Waals surface area contributed by atoms with Crippen LogP contribution in [-0.4, -0.2) is 81.2 Å². The molecule has 1 aromatic carbocycles. The van der Waals surface area contributed by atoms with Gasteiger partial charge < -0.3 is 20.8 Å². The summed E-state index contributed by atoms with van der Waals surface area (Å²) in [6.45, 7) is 3.28. The first-order valence-electron chi connectivity index (χ1n) is 10.5. The first kappa shape index (κ1) is 22.6. The van der Waals surface area contributed by atoms with Crippen molar-refractivity contribution in [2.75, 3.05) is 38.5 Å². The van der Waals surface area contributed by atoms with E-state index >= 15 is 0 Å². The number of carbonyl (C=O) groups excluding carboxylic acids is 1. The number of aliphatic hydroxyl groups is 1. The first-order valence-corrected chi connectivity index (χ1v) is 10.5. The summed E-state index contributed by atoms with van der Waals surface area (Å²) in [7, 11) is 0. The number of carbonyl (C=O) groups is 2. The van der Waals surface area contributed by atoms with E-state index < -0.39 is 0 Å². The largest absolute Gasteiger partial charge is 0.483 e. The van der Waals surface area contributed by atoms with Gasteiger partial charge in [-0.3, -0.25) is 14.5 Å². The third-order valence-electron chi connectivity index (χ3n) is 5.61. The molecular weight excluding hydrogens is 398 g/mol. The molecule has 2 heterocycles. The molecule has 1 atom stereocenters. The Labute approximate surface area is 181 Å². The van der Waals surface area contributed by atoms with Gasteiger partial charge in [-0.1, -0.05) is 12.1 Å². The molecule has 1 saturated heterocycles. The Balaban J connectivity index is 0.000000858. The number of nitrogen functional groups attached to an aromatic ring is 1. The van der Waals surface area contributed by atoms with Gasteiger partial charge in [-0.2, -0.15) is 0 Å². The molecule has 1 aromatic heterocycles. The molecule has 1 aliphatic heterocycles. The smallest absolute Gasteiger partial charge is 0.290 e. The number of benzene rings is 1. The Hall–Kier alpha value is -3.04. The topological polar surface area (TPSA) is 133 Å². The van der Waals surface area contributed by atoms with Gasteiger partial charge in [0.15, 0.2) is 5.82 Å². The second-order valence-electron chi connectivity index (χ2n) is 7.84. The summed E-state index contributed by atoms with van der Waals surface area (Å²) in [4.78, 5) is 34.2. The van der Waals surface area contributed by atoms with Gasteiger partial charge in [-0.15, -0.1) is 0 Å². The average Bonchev–Trinajstić information content (AvgIpc) is 3.59. The standard InChI is InChI=1S/C21H27N5O2.CH2O2/c22-19-7-9-23-20(24-19)16-3-5-17(6-4-16)21(28)26-11-10-25(13-15-1-2-15)18(14-26)8-12-27;2-1-3/h3-7,9,15,18,27H,1-2,8,10-14H2,(H2,22,23,24);1H,(H,2,3). The summed E-state index contributed by atoms with van der Waals surface area (Å²) in [5.41, 5.74) is 7.21. The minimum absolute atomic E-state index is 0.0362. The SMILES string of the molecule is Nc1ccnc(-c2ccc(C(=O)N3CCN(CC4CC4)C(CCO)C3)cc2)n1.O=CO. The molecule has 31 heavy (non-hydrogen) atoms. The summed E-state index contributed by atoms with van der Waals surface area (Å²) >= 11 is 0. The average molecular weight is 428 g/mol. The van der Waals surface area contributed by atoms with Crippen molar-refractivity contribution >= 4 is 18.2 Å². The Kier molecular flexibility index (Phi) is 7.91. The van der Waals surface area contributed by atoms with Gasteiger partial charge in [0.2, 0.25) is 0 Å². The third-order valence-corrected chi connectivity index (χ3v) is 5.61. The molecule has 0 radical (unpaired) electrons. The van der Waals surface area contributed by atoms with Crippen LogP contribution >= 0.6 is 0 Å². The van der Waals surface area contributed by atoms with Gasteiger partial charge >= 0.3 is 0 Å². The highest BCUT2D eigenvalue weighted by molar-refractivity contribution is 5.94. The van der Waals surface area contributed by atoms with Crippen molar-refractivity contribution in [2.45, 2.75) is 25.3 Å². The van der Waals surface area contributed by atoms with E-state index in [-0.39, 0.29) is 25.0 Å². The Morgan fingerprint density at radius 2 is 1.90 bits per heavy atom. The molecule has 1 saturated carbocycles. The maximum atomic E-state index is 13.0. The molecule has 1 aliphatic carbocycles. The lowest BCUT2D eigenvalue weighted by Gasteiger charge is -2.41. The lowest BCUT2D eigenvalue weighted by Crippen LogP contribution is -2.55. The Bertz CT molecular complexity index is 872. The quantitative estimate of drug-likeness (QED) is 0.589. The zero-order valence-corrected chi connectivity index (χ0v) is 17.4. The maximum Gasteiger partial charge on any atom is 0.290 e. The zero-order valence-electron chi connectivity index (χ0n) is 17.4. The first-order chi connectivity index (χ1) is 15.0. The van der Waals surface area contributed by atoms with E-state index in [9.17, 15) is 9.90 Å². The van der Waals surface area contributed by atoms with E-state index in [1.54, 1.807) is 12.3 Å². The van der Waals surface area contributed by atoms with Crippen LogP contribution in [0.3, 0.4) is 0 Å². The van der Waals surface area contributed by atoms with E-state index in [0.717, 1.165) is 31.1 Å². The van der Waals surface area contributed by atoms with Crippen molar-refractivity contribution in [1.29, 1.82) is 0 Å². The van der Waals surface area contributed by atoms with Gasteiger partial charge in [-0.25, -0.2) is 9.97 Å². The van der Waals surface area contributed by atoms with Crippen LogP contribution in [0.15, 0.2) is 36.5 Å². The molecule has 0 spiro atoms. The number of carboxylic acid groups (broad SMARTS) is 1. The predicted molar refractivity (Wildman–Crippen MR) is 116 cm³/mol. The van der Waals surface area contributed by atoms with Crippen LogP contribution in [0.25, 0.3) is 11.4 Å². The second-order valence-corrected chi connectivity index (χ2v) is 7.84. The van der Waals surface area contributed by atoms with Crippen molar-refractivity contribution in [3.05, 3.63) is 42.1 Å². The lowest BCUT2D eigenvalue weighted by molar-refractivity contribution is -0.122. The number of aliphatic hydroxyl groups excluding tert-OH is 1. The molecular formula is C22H29N5O4. The molecule has 1 amide bonds. The molecule has 4 N–H and O–H groups in total. The van der Waals surface area contributed by atoms with Crippen LogP contribution in [0, 0.1) is 5.92 Å². The molecule has 2 aliphatic rings. The zero-order chi connectivity index (χ0) is 22.2. The molecule has 9 heteroatoms. The van der Waals surface area contributed by atoms with Gasteiger partial charge in [0.1, 0.15) is 5.82 Å². The van der Waals surface area contributed by atoms with Crippen LogP contribution in [0.5, 0.6) is 0 Å². The maximum absolute atomic E-state index is 13.0. The normalized spacial score (nSPS) is 18.7. The van der Waals surface area contributed by atoms with Crippen molar-refractivity contribution in [3.8, 4) is 11.4 Å². The van der Waals surface area contributed by atoms with Gasteiger partial charge in [-0.05, 0) is 43.4 Å². The fourth-order valence-corrected chi connectivity index (χ4v) is 3.83. The number of nitrogens with two attached hydrogens (primary N) is 1. The summed E-state index contributed by atoms with van der Waals surface area (Å²) in [5.74, 6) is 1.82. The Morgan fingerprint density at radius 1 is 1.19 bits per heavy atom. The summed E-state index contributed by atoms with van der Waals surface area (Å²) in [6, 6.07) is 9.24. The highest BCUT2D eigenvalue weighted by Gasteiger charge is 2.33. The molecule has 4 rings (SSSR count). The van der Waals surface area contributed by atoms with E-state index in [2.05, 4.69) is 14.9 Å². The number of hydrogen-bond donors (Lipinski definition) is 3. The van der Waals surface area contributed by atoms with Gasteiger partial charge in [0.25, 0.3) is 12.4 Å². The molecule has 0 bridgehead atoms. The van der Waals surface area contributed by atoms with E-state index in [1.165, 1.54) is 12.8 Å². The van der Waals surface area contributed by atoms with Crippen LogP contribution in [-0.2, 0) is 4.79 Å². The van der Waals surface area contributed by atoms with Crippen LogP contribution in [0.1, 0.15) is 29.6 Å². The fraction of sp³-hybridized carbons (Fsp3) is 0.455. The third kappa shape index (κ3) is 6.22. The Morgan fingerprint density at radius 3 is 2.52 bits per heavy atom. The van der Waals surface area contributed by atoms with Crippen molar-refractivity contribution < 1.29 is 19.8 Å². The minimum Gasteiger partial charge on any atom is -0.483 e. The summed E-state index contributed by atoms with van der Waals surface area (Å²) in [5, 5.41) is 16.3.